The third-order valence-corrected chi connectivity index (χ3v) is 4.27. The van der Waals surface area contributed by atoms with E-state index in [1.54, 1.807) is 18.3 Å². The van der Waals surface area contributed by atoms with E-state index in [0.29, 0.717) is 5.65 Å². The summed E-state index contributed by atoms with van der Waals surface area (Å²) in [5.74, 6) is -0.718. The quantitative estimate of drug-likeness (QED) is 0.495. The number of pyridine rings is 1. The number of alkyl halides is 3. The van der Waals surface area contributed by atoms with Crippen LogP contribution in [0.5, 0.6) is 0 Å². The molecule has 0 amide bonds. The molecule has 0 N–H and O–H groups in total. The standard InChI is InChI=1S/C18H13F3N2O3S/c1-11-2-7-15-22-13(8-16(24)23(15)9-11)10-26-17(25)12-3-5-14(6-4-12)27-18(19,20)21/h2-9H,10H2,1H3. The number of ether oxygens (including phenoxy) is 1. The Morgan fingerprint density at radius 1 is 1.19 bits per heavy atom. The van der Waals surface area contributed by atoms with Crippen LogP contribution in [0.4, 0.5) is 13.2 Å². The molecule has 0 aliphatic carbocycles. The number of aryl methyl sites for hydroxylation is 1. The molecule has 0 radical (unpaired) electrons. The van der Waals surface area contributed by atoms with E-state index >= 15 is 0 Å². The molecule has 5 nitrogen and oxygen atoms in total. The average molecular weight is 394 g/mol. The predicted molar refractivity (Wildman–Crippen MR) is 93.7 cm³/mol. The summed E-state index contributed by atoms with van der Waals surface area (Å²) in [5, 5.41) is 0. The second-order valence-electron chi connectivity index (χ2n) is 5.67. The minimum Gasteiger partial charge on any atom is -0.456 e. The van der Waals surface area contributed by atoms with Crippen molar-refractivity contribution in [3.05, 3.63) is 75.8 Å². The third-order valence-electron chi connectivity index (χ3n) is 3.54. The minimum absolute atomic E-state index is 0.0291. The van der Waals surface area contributed by atoms with Gasteiger partial charge in [-0.3, -0.25) is 9.20 Å². The number of benzene rings is 1. The van der Waals surface area contributed by atoms with E-state index in [9.17, 15) is 22.8 Å². The number of fused-ring (bicyclic) bond motifs is 1. The molecular formula is C18H13F3N2O3S. The lowest BCUT2D eigenvalue weighted by Gasteiger charge is -2.08. The topological polar surface area (TPSA) is 60.7 Å². The highest BCUT2D eigenvalue weighted by Crippen LogP contribution is 2.36. The maximum absolute atomic E-state index is 12.3. The number of carbonyl (C=O) groups excluding carboxylic acids is 1. The van der Waals surface area contributed by atoms with E-state index in [2.05, 4.69) is 4.98 Å². The van der Waals surface area contributed by atoms with Crippen molar-refractivity contribution in [3.63, 3.8) is 0 Å². The zero-order chi connectivity index (χ0) is 19.6. The van der Waals surface area contributed by atoms with Crippen molar-refractivity contribution in [2.24, 2.45) is 0 Å². The Bertz CT molecular complexity index is 1050. The van der Waals surface area contributed by atoms with Crippen LogP contribution in [0.3, 0.4) is 0 Å². The highest BCUT2D eigenvalue weighted by molar-refractivity contribution is 8.00. The maximum atomic E-state index is 12.3. The van der Waals surface area contributed by atoms with Crippen LogP contribution in [0.25, 0.3) is 5.65 Å². The van der Waals surface area contributed by atoms with Gasteiger partial charge in [-0.1, -0.05) is 6.07 Å². The maximum Gasteiger partial charge on any atom is 0.446 e. The first-order valence-corrected chi connectivity index (χ1v) is 8.55. The molecule has 2 heterocycles. The Balaban J connectivity index is 1.69. The van der Waals surface area contributed by atoms with E-state index in [1.807, 2.05) is 6.92 Å². The number of hydrogen-bond acceptors (Lipinski definition) is 5. The number of rotatable bonds is 4. The SMILES string of the molecule is Cc1ccc2nc(COC(=O)c3ccc(SC(F)(F)F)cc3)cc(=O)n2c1. The Labute approximate surface area is 155 Å². The fraction of sp³-hybridized carbons (Fsp3) is 0.167. The van der Waals surface area contributed by atoms with Gasteiger partial charge in [0, 0.05) is 17.2 Å². The van der Waals surface area contributed by atoms with Gasteiger partial charge in [0.1, 0.15) is 12.3 Å². The van der Waals surface area contributed by atoms with Gasteiger partial charge < -0.3 is 4.74 Å². The molecule has 0 bridgehead atoms. The summed E-state index contributed by atoms with van der Waals surface area (Å²) in [7, 11) is 0. The molecule has 27 heavy (non-hydrogen) atoms. The van der Waals surface area contributed by atoms with Gasteiger partial charge in [-0.25, -0.2) is 9.78 Å². The van der Waals surface area contributed by atoms with Crippen molar-refractivity contribution >= 4 is 23.4 Å². The van der Waals surface area contributed by atoms with Crippen LogP contribution in [-0.4, -0.2) is 20.9 Å². The van der Waals surface area contributed by atoms with Crippen molar-refractivity contribution < 1.29 is 22.7 Å². The number of hydrogen-bond donors (Lipinski definition) is 0. The number of carbonyl (C=O) groups is 1. The molecule has 3 aromatic rings. The molecule has 0 aliphatic rings. The molecule has 0 aliphatic heterocycles. The van der Waals surface area contributed by atoms with E-state index in [4.69, 9.17) is 4.74 Å². The van der Waals surface area contributed by atoms with Gasteiger partial charge in [-0.15, -0.1) is 0 Å². The zero-order valence-electron chi connectivity index (χ0n) is 14.0. The number of halogens is 3. The van der Waals surface area contributed by atoms with Crippen LogP contribution in [0.1, 0.15) is 21.6 Å². The first kappa shape index (κ1) is 19.0. The lowest BCUT2D eigenvalue weighted by molar-refractivity contribution is -0.0328. The molecule has 0 unspecified atom stereocenters. The molecule has 3 rings (SSSR count). The second-order valence-corrected chi connectivity index (χ2v) is 6.81. The Hall–Kier alpha value is -2.81. The summed E-state index contributed by atoms with van der Waals surface area (Å²) in [6.45, 7) is 1.62. The number of aromatic nitrogens is 2. The van der Waals surface area contributed by atoms with Gasteiger partial charge in [0.05, 0.1) is 11.3 Å². The summed E-state index contributed by atoms with van der Waals surface area (Å²) in [4.78, 5) is 28.4. The van der Waals surface area contributed by atoms with Gasteiger partial charge in [0.15, 0.2) is 0 Å². The van der Waals surface area contributed by atoms with Crippen LogP contribution in [0.15, 0.2) is 58.4 Å². The zero-order valence-corrected chi connectivity index (χ0v) is 14.8. The van der Waals surface area contributed by atoms with Crippen molar-refractivity contribution in [2.45, 2.75) is 23.9 Å². The van der Waals surface area contributed by atoms with E-state index in [0.717, 1.165) is 5.56 Å². The summed E-state index contributed by atoms with van der Waals surface area (Å²) < 4.78 is 43.4. The fourth-order valence-corrected chi connectivity index (χ4v) is 2.89. The molecular weight excluding hydrogens is 381 g/mol. The molecule has 0 saturated carbocycles. The lowest BCUT2D eigenvalue weighted by Crippen LogP contribution is -2.17. The van der Waals surface area contributed by atoms with Crippen molar-refractivity contribution in [1.29, 1.82) is 0 Å². The first-order chi connectivity index (χ1) is 12.7. The highest BCUT2D eigenvalue weighted by atomic mass is 32.2. The van der Waals surface area contributed by atoms with Gasteiger partial charge in [0.2, 0.25) is 0 Å². The molecule has 0 spiro atoms. The van der Waals surface area contributed by atoms with Crippen LogP contribution in [0.2, 0.25) is 0 Å². The summed E-state index contributed by atoms with van der Waals surface area (Å²) >= 11 is -0.264. The van der Waals surface area contributed by atoms with Gasteiger partial charge >= 0.3 is 11.5 Å². The van der Waals surface area contributed by atoms with Crippen molar-refractivity contribution in [3.8, 4) is 0 Å². The van der Waals surface area contributed by atoms with Crippen LogP contribution >= 0.6 is 11.8 Å². The molecule has 140 valence electrons. The highest BCUT2D eigenvalue weighted by Gasteiger charge is 2.29. The Kier molecular flexibility index (Phi) is 5.22. The molecule has 1 aromatic carbocycles. The third kappa shape index (κ3) is 4.88. The fourth-order valence-electron chi connectivity index (χ4n) is 2.35. The smallest absolute Gasteiger partial charge is 0.446 e. The summed E-state index contributed by atoms with van der Waals surface area (Å²) in [6, 6.07) is 9.64. The Morgan fingerprint density at radius 3 is 2.56 bits per heavy atom. The van der Waals surface area contributed by atoms with Crippen molar-refractivity contribution in [2.75, 3.05) is 0 Å². The Morgan fingerprint density at radius 2 is 1.89 bits per heavy atom. The summed E-state index contributed by atoms with van der Waals surface area (Å²) in [5.41, 5.74) is -2.99. The van der Waals surface area contributed by atoms with E-state index < -0.39 is 11.5 Å². The van der Waals surface area contributed by atoms with Crippen LogP contribution < -0.4 is 5.56 Å². The number of nitrogens with zero attached hydrogens (tertiary/aromatic N) is 2. The summed E-state index contributed by atoms with van der Waals surface area (Å²) in [6.07, 6.45) is 1.65. The van der Waals surface area contributed by atoms with Crippen LogP contribution in [-0.2, 0) is 11.3 Å². The lowest BCUT2D eigenvalue weighted by atomic mass is 10.2. The van der Waals surface area contributed by atoms with Gasteiger partial charge in [0.25, 0.3) is 5.56 Å². The molecule has 0 fully saturated rings. The molecule has 0 atom stereocenters. The second kappa shape index (κ2) is 7.43. The van der Waals surface area contributed by atoms with Crippen molar-refractivity contribution in [1.82, 2.24) is 9.38 Å². The number of esters is 1. The first-order valence-electron chi connectivity index (χ1n) is 7.73. The van der Waals surface area contributed by atoms with E-state index in [-0.39, 0.29) is 40.1 Å². The minimum atomic E-state index is -4.39. The predicted octanol–water partition coefficient (Wildman–Crippen LogP) is 3.97. The molecule has 2 aromatic heterocycles. The molecule has 9 heteroatoms. The van der Waals surface area contributed by atoms with Gasteiger partial charge in [-0.2, -0.15) is 13.2 Å². The van der Waals surface area contributed by atoms with Crippen LogP contribution in [0, 0.1) is 6.92 Å². The normalized spacial score (nSPS) is 11.6. The van der Waals surface area contributed by atoms with E-state index in [1.165, 1.54) is 34.7 Å². The largest absolute Gasteiger partial charge is 0.456 e. The molecule has 0 saturated heterocycles. The number of thioether (sulfide) groups is 1. The monoisotopic (exact) mass is 394 g/mol. The average Bonchev–Trinajstić information content (AvgIpc) is 2.59. The van der Waals surface area contributed by atoms with Gasteiger partial charge in [-0.05, 0) is 54.6 Å².